The van der Waals surface area contributed by atoms with Gasteiger partial charge in [-0.05, 0) is 60.5 Å². The fraction of sp³-hybridized carbons (Fsp3) is 0.174. The van der Waals surface area contributed by atoms with Gasteiger partial charge in [0, 0.05) is 34.4 Å². The molecule has 0 fully saturated rings. The summed E-state index contributed by atoms with van der Waals surface area (Å²) < 4.78 is 1.01. The Morgan fingerprint density at radius 1 is 1.07 bits per heavy atom. The summed E-state index contributed by atoms with van der Waals surface area (Å²) >= 11 is 3.51. The number of rotatable bonds is 5. The number of hydrogen-bond donors (Lipinski definition) is 3. The molecule has 5 aromatic rings. The third kappa shape index (κ3) is 3.30. The molecule has 0 radical (unpaired) electrons. The molecule has 5 rings (SSSR count). The molecule has 2 aromatic carbocycles. The Kier molecular flexibility index (Phi) is 4.84. The van der Waals surface area contributed by atoms with Gasteiger partial charge < -0.3 is 10.3 Å². The summed E-state index contributed by atoms with van der Waals surface area (Å²) in [7, 11) is 0. The lowest BCUT2D eigenvalue weighted by Crippen LogP contribution is -2.13. The van der Waals surface area contributed by atoms with Crippen molar-refractivity contribution in [2.24, 2.45) is 0 Å². The van der Waals surface area contributed by atoms with E-state index in [1.807, 2.05) is 30.6 Å². The zero-order valence-corrected chi connectivity index (χ0v) is 18.3. The van der Waals surface area contributed by atoms with Crippen molar-refractivity contribution in [3.05, 3.63) is 64.4 Å². The van der Waals surface area contributed by atoms with Crippen LogP contribution in [0.1, 0.15) is 18.1 Å². The quantitative estimate of drug-likeness (QED) is 0.330. The average molecular weight is 461 g/mol. The highest BCUT2D eigenvalue weighted by Gasteiger charge is 2.15. The van der Waals surface area contributed by atoms with Crippen molar-refractivity contribution in [3.8, 4) is 22.6 Å². The van der Waals surface area contributed by atoms with Gasteiger partial charge in [0.05, 0.1) is 16.6 Å². The molecule has 3 aromatic heterocycles. The normalized spacial score (nSPS) is 11.6. The number of nitrogens with zero attached hydrogens (tertiary/aromatic N) is 3. The number of aromatic nitrogens is 5. The molecule has 0 bridgehead atoms. The van der Waals surface area contributed by atoms with Crippen molar-refractivity contribution >= 4 is 37.9 Å². The molecule has 0 aliphatic carbocycles. The average Bonchev–Trinajstić information content (AvgIpc) is 3.35. The number of aromatic amines is 2. The van der Waals surface area contributed by atoms with E-state index in [9.17, 15) is 0 Å². The van der Waals surface area contributed by atoms with Crippen LogP contribution >= 0.6 is 15.9 Å². The van der Waals surface area contributed by atoms with Crippen molar-refractivity contribution in [3.63, 3.8) is 0 Å². The van der Waals surface area contributed by atoms with E-state index in [-0.39, 0.29) is 0 Å². The monoisotopic (exact) mass is 460 g/mol. The van der Waals surface area contributed by atoms with Gasteiger partial charge in [0.1, 0.15) is 5.69 Å². The van der Waals surface area contributed by atoms with Gasteiger partial charge in [-0.2, -0.15) is 5.10 Å². The van der Waals surface area contributed by atoms with E-state index in [1.165, 1.54) is 11.1 Å². The molecule has 6 nitrogen and oxygen atoms in total. The molecule has 0 saturated carbocycles. The minimum absolute atomic E-state index is 0.752. The molecule has 0 atom stereocenters. The highest BCUT2D eigenvalue weighted by atomic mass is 79.9. The fourth-order valence-corrected chi connectivity index (χ4v) is 4.11. The van der Waals surface area contributed by atoms with Crippen molar-refractivity contribution in [2.45, 2.75) is 20.4 Å². The lowest BCUT2D eigenvalue weighted by Gasteiger charge is -2.11. The van der Waals surface area contributed by atoms with Crippen LogP contribution in [-0.2, 0) is 6.54 Å². The van der Waals surface area contributed by atoms with Gasteiger partial charge in [-0.3, -0.25) is 10.1 Å². The lowest BCUT2D eigenvalue weighted by molar-refractivity contribution is 0.721. The summed E-state index contributed by atoms with van der Waals surface area (Å²) in [4.78, 5) is 12.6. The van der Waals surface area contributed by atoms with E-state index in [2.05, 4.69) is 73.5 Å². The molecule has 0 spiro atoms. The Bertz CT molecular complexity index is 1370. The maximum absolute atomic E-state index is 4.73. The van der Waals surface area contributed by atoms with Gasteiger partial charge >= 0.3 is 0 Å². The van der Waals surface area contributed by atoms with Crippen LogP contribution in [0, 0.1) is 6.92 Å². The second-order valence-corrected chi connectivity index (χ2v) is 8.25. The second kappa shape index (κ2) is 7.66. The molecule has 3 N–H and O–H groups in total. The summed E-state index contributed by atoms with van der Waals surface area (Å²) in [5.74, 6) is 0.752. The summed E-state index contributed by atoms with van der Waals surface area (Å²) in [6, 6.07) is 12.3. The number of hydrogen-bond acceptors (Lipinski definition) is 4. The SMILES string of the molecule is CCNCc1cncc(-c2ccc3[nH]nc(-c4nc5ccc(Br)cc5[nH]4)c3c2)c1C. The van der Waals surface area contributed by atoms with Gasteiger partial charge in [-0.1, -0.05) is 28.9 Å². The molecule has 0 saturated heterocycles. The smallest absolute Gasteiger partial charge is 0.159 e. The number of halogens is 1. The van der Waals surface area contributed by atoms with E-state index in [1.54, 1.807) is 0 Å². The number of pyridine rings is 1. The standard InChI is InChI=1S/C23H21BrN6/c1-3-25-10-15-11-26-12-18(13(15)2)14-4-6-19-17(8-14)22(30-29-19)23-27-20-7-5-16(24)9-21(20)28-23/h4-9,11-12,25H,3,10H2,1-2H3,(H,27,28)(H,29,30). The van der Waals surface area contributed by atoms with Gasteiger partial charge in [-0.25, -0.2) is 4.98 Å². The Balaban J connectivity index is 1.61. The first kappa shape index (κ1) is 19.0. The zero-order chi connectivity index (χ0) is 20.7. The summed E-state index contributed by atoms with van der Waals surface area (Å²) in [5, 5.41) is 12.1. The molecule has 3 heterocycles. The zero-order valence-electron chi connectivity index (χ0n) is 16.8. The molecule has 7 heteroatoms. The third-order valence-corrected chi connectivity index (χ3v) is 5.92. The van der Waals surface area contributed by atoms with Gasteiger partial charge in [0.2, 0.25) is 0 Å². The number of fused-ring (bicyclic) bond motifs is 2. The first-order valence-corrected chi connectivity index (χ1v) is 10.7. The maximum Gasteiger partial charge on any atom is 0.159 e. The molecular formula is C23H21BrN6. The topological polar surface area (TPSA) is 82.3 Å². The van der Waals surface area contributed by atoms with E-state index in [4.69, 9.17) is 4.98 Å². The minimum Gasteiger partial charge on any atom is -0.337 e. The van der Waals surface area contributed by atoms with Crippen LogP contribution in [0.2, 0.25) is 0 Å². The van der Waals surface area contributed by atoms with Crippen molar-refractivity contribution in [1.29, 1.82) is 0 Å². The highest BCUT2D eigenvalue weighted by molar-refractivity contribution is 9.10. The summed E-state index contributed by atoms with van der Waals surface area (Å²) in [5.41, 5.74) is 8.38. The van der Waals surface area contributed by atoms with Gasteiger partial charge in [0.15, 0.2) is 5.82 Å². The molecule has 0 amide bonds. The first-order valence-electron chi connectivity index (χ1n) is 9.92. The Morgan fingerprint density at radius 3 is 2.83 bits per heavy atom. The molecule has 0 aliphatic rings. The molecular weight excluding hydrogens is 440 g/mol. The van der Waals surface area contributed by atoms with Crippen LogP contribution in [0.4, 0.5) is 0 Å². The van der Waals surface area contributed by atoms with Crippen molar-refractivity contribution < 1.29 is 0 Å². The molecule has 0 unspecified atom stereocenters. The number of nitrogens with one attached hydrogen (secondary N) is 3. The van der Waals surface area contributed by atoms with Crippen LogP contribution in [0.25, 0.3) is 44.6 Å². The van der Waals surface area contributed by atoms with Crippen LogP contribution in [0.15, 0.2) is 53.3 Å². The summed E-state index contributed by atoms with van der Waals surface area (Å²) in [6.45, 7) is 6.01. The lowest BCUT2D eigenvalue weighted by atomic mass is 9.98. The molecule has 150 valence electrons. The van der Waals surface area contributed by atoms with E-state index in [0.717, 1.165) is 62.1 Å². The number of imidazole rings is 1. The van der Waals surface area contributed by atoms with Crippen LogP contribution in [0.3, 0.4) is 0 Å². The fourth-order valence-electron chi connectivity index (χ4n) is 3.75. The van der Waals surface area contributed by atoms with E-state index in [0.29, 0.717) is 0 Å². The van der Waals surface area contributed by atoms with Crippen LogP contribution < -0.4 is 5.32 Å². The van der Waals surface area contributed by atoms with Crippen molar-refractivity contribution in [2.75, 3.05) is 6.54 Å². The summed E-state index contributed by atoms with van der Waals surface area (Å²) in [6.07, 6.45) is 3.88. The second-order valence-electron chi connectivity index (χ2n) is 7.33. The third-order valence-electron chi connectivity index (χ3n) is 5.43. The van der Waals surface area contributed by atoms with E-state index >= 15 is 0 Å². The number of H-pyrrole nitrogens is 2. The van der Waals surface area contributed by atoms with Gasteiger partial charge in [0.25, 0.3) is 0 Å². The Hall–Kier alpha value is -3.03. The molecule has 30 heavy (non-hydrogen) atoms. The predicted octanol–water partition coefficient (Wildman–Crippen LogP) is 5.35. The first-order chi connectivity index (χ1) is 14.6. The maximum atomic E-state index is 4.73. The predicted molar refractivity (Wildman–Crippen MR) is 124 cm³/mol. The Labute approximate surface area is 182 Å². The minimum atomic E-state index is 0.752. The van der Waals surface area contributed by atoms with Crippen molar-refractivity contribution in [1.82, 2.24) is 30.5 Å². The molecule has 0 aliphatic heterocycles. The van der Waals surface area contributed by atoms with Crippen LogP contribution in [-0.4, -0.2) is 31.7 Å². The Morgan fingerprint density at radius 2 is 1.97 bits per heavy atom. The van der Waals surface area contributed by atoms with Crippen LogP contribution in [0.5, 0.6) is 0 Å². The number of benzene rings is 2. The van der Waals surface area contributed by atoms with Gasteiger partial charge in [-0.15, -0.1) is 0 Å². The van der Waals surface area contributed by atoms with E-state index < -0.39 is 0 Å². The highest BCUT2D eigenvalue weighted by Crippen LogP contribution is 2.32. The largest absolute Gasteiger partial charge is 0.337 e.